The molecule has 2 atom stereocenters. The molecule has 1 aromatic carbocycles. The van der Waals surface area contributed by atoms with E-state index in [9.17, 15) is 0 Å². The molecule has 2 unspecified atom stereocenters. The summed E-state index contributed by atoms with van der Waals surface area (Å²) in [4.78, 5) is 2.72. The Morgan fingerprint density at radius 2 is 2.17 bits per heavy atom. The van der Waals surface area contributed by atoms with E-state index >= 15 is 0 Å². The van der Waals surface area contributed by atoms with Crippen molar-refractivity contribution in [2.75, 3.05) is 26.7 Å². The van der Waals surface area contributed by atoms with Crippen molar-refractivity contribution < 1.29 is 0 Å². The highest BCUT2D eigenvalue weighted by Gasteiger charge is 2.30. The zero-order chi connectivity index (χ0) is 12.4. The SMILES string of the molecule is CNCC1CCCCN1CC1Cc2ccccc21. The highest BCUT2D eigenvalue weighted by Crippen LogP contribution is 2.36. The number of hydrogen-bond acceptors (Lipinski definition) is 2. The van der Waals surface area contributed by atoms with E-state index in [0.717, 1.165) is 18.5 Å². The standard InChI is InChI=1S/C16H24N2/c1-17-11-15-7-4-5-9-18(15)12-14-10-13-6-2-3-8-16(13)14/h2-3,6,8,14-15,17H,4-5,7,9-12H2,1H3. The van der Waals surface area contributed by atoms with Crippen LogP contribution in [0.3, 0.4) is 0 Å². The molecule has 0 aromatic heterocycles. The lowest BCUT2D eigenvalue weighted by atomic mass is 9.77. The zero-order valence-corrected chi connectivity index (χ0v) is 11.4. The summed E-state index contributed by atoms with van der Waals surface area (Å²) in [5, 5.41) is 3.35. The van der Waals surface area contributed by atoms with Crippen molar-refractivity contribution in [2.24, 2.45) is 0 Å². The third-order valence-corrected chi connectivity index (χ3v) is 4.60. The van der Waals surface area contributed by atoms with E-state index < -0.39 is 0 Å². The van der Waals surface area contributed by atoms with Gasteiger partial charge >= 0.3 is 0 Å². The van der Waals surface area contributed by atoms with Crippen LogP contribution >= 0.6 is 0 Å². The number of likely N-dealkylation sites (tertiary alicyclic amines) is 1. The second kappa shape index (κ2) is 5.41. The average Bonchev–Trinajstić information content (AvgIpc) is 2.38. The van der Waals surface area contributed by atoms with Crippen molar-refractivity contribution in [3.05, 3.63) is 35.4 Å². The van der Waals surface area contributed by atoms with Crippen LogP contribution in [-0.2, 0) is 6.42 Å². The Hall–Kier alpha value is -0.860. The number of nitrogens with one attached hydrogen (secondary N) is 1. The van der Waals surface area contributed by atoms with Crippen molar-refractivity contribution >= 4 is 0 Å². The van der Waals surface area contributed by atoms with Crippen LogP contribution in [0.15, 0.2) is 24.3 Å². The molecule has 0 spiro atoms. The minimum atomic E-state index is 0.761. The predicted molar refractivity (Wildman–Crippen MR) is 76.0 cm³/mol. The molecule has 18 heavy (non-hydrogen) atoms. The van der Waals surface area contributed by atoms with Crippen molar-refractivity contribution in [3.63, 3.8) is 0 Å². The summed E-state index contributed by atoms with van der Waals surface area (Å²) in [6.45, 7) is 3.71. The van der Waals surface area contributed by atoms with Crippen LogP contribution in [0, 0.1) is 0 Å². The quantitative estimate of drug-likeness (QED) is 0.875. The van der Waals surface area contributed by atoms with E-state index in [1.54, 1.807) is 11.1 Å². The Bertz CT molecular complexity index is 400. The first-order chi connectivity index (χ1) is 8.88. The van der Waals surface area contributed by atoms with E-state index in [4.69, 9.17) is 0 Å². The van der Waals surface area contributed by atoms with Gasteiger partial charge in [0.25, 0.3) is 0 Å². The summed E-state index contributed by atoms with van der Waals surface area (Å²) in [7, 11) is 2.07. The molecule has 2 aliphatic rings. The third kappa shape index (κ3) is 2.32. The first-order valence-corrected chi connectivity index (χ1v) is 7.35. The van der Waals surface area contributed by atoms with Gasteiger partial charge in [-0.25, -0.2) is 0 Å². The molecule has 1 N–H and O–H groups in total. The molecular weight excluding hydrogens is 220 g/mol. The van der Waals surface area contributed by atoms with Crippen LogP contribution in [-0.4, -0.2) is 37.6 Å². The molecule has 0 bridgehead atoms. The van der Waals surface area contributed by atoms with E-state index in [1.807, 2.05) is 0 Å². The lowest BCUT2D eigenvalue weighted by Gasteiger charge is -2.41. The molecule has 98 valence electrons. The lowest BCUT2D eigenvalue weighted by molar-refractivity contribution is 0.134. The molecule has 1 aliphatic heterocycles. The number of hydrogen-bond donors (Lipinski definition) is 1. The minimum absolute atomic E-state index is 0.761. The molecular formula is C16H24N2. The molecule has 3 rings (SSSR count). The average molecular weight is 244 g/mol. The second-order valence-electron chi connectivity index (χ2n) is 5.80. The van der Waals surface area contributed by atoms with Gasteiger partial charge in [0, 0.05) is 25.0 Å². The van der Waals surface area contributed by atoms with Gasteiger partial charge in [-0.2, -0.15) is 0 Å². The summed E-state index contributed by atoms with van der Waals surface area (Å²) in [5.74, 6) is 0.790. The Morgan fingerprint density at radius 3 is 3.00 bits per heavy atom. The topological polar surface area (TPSA) is 15.3 Å². The van der Waals surface area contributed by atoms with Crippen LogP contribution in [0.2, 0.25) is 0 Å². The van der Waals surface area contributed by atoms with Crippen LogP contribution in [0.25, 0.3) is 0 Å². The van der Waals surface area contributed by atoms with Crippen LogP contribution in [0.5, 0.6) is 0 Å². The van der Waals surface area contributed by atoms with Crippen LogP contribution < -0.4 is 5.32 Å². The maximum absolute atomic E-state index is 3.35. The van der Waals surface area contributed by atoms with Gasteiger partial charge in [0.1, 0.15) is 0 Å². The van der Waals surface area contributed by atoms with Gasteiger partial charge in [-0.05, 0) is 44.0 Å². The molecule has 0 amide bonds. The van der Waals surface area contributed by atoms with E-state index in [1.165, 1.54) is 38.8 Å². The van der Waals surface area contributed by atoms with E-state index in [-0.39, 0.29) is 0 Å². The van der Waals surface area contributed by atoms with Gasteiger partial charge in [0.05, 0.1) is 0 Å². The van der Waals surface area contributed by atoms with Crippen LogP contribution in [0.4, 0.5) is 0 Å². The maximum atomic E-state index is 3.35. The molecule has 2 nitrogen and oxygen atoms in total. The fraction of sp³-hybridized carbons (Fsp3) is 0.625. The minimum Gasteiger partial charge on any atom is -0.318 e. The fourth-order valence-electron chi connectivity index (χ4n) is 3.58. The number of nitrogens with zero attached hydrogens (tertiary/aromatic N) is 1. The summed E-state index contributed by atoms with van der Waals surface area (Å²) >= 11 is 0. The van der Waals surface area contributed by atoms with Crippen molar-refractivity contribution in [1.29, 1.82) is 0 Å². The number of rotatable bonds is 4. The third-order valence-electron chi connectivity index (χ3n) is 4.60. The monoisotopic (exact) mass is 244 g/mol. The molecule has 1 saturated heterocycles. The Labute approximate surface area is 110 Å². The summed E-state index contributed by atoms with van der Waals surface area (Å²) in [6, 6.07) is 9.72. The van der Waals surface area contributed by atoms with Gasteiger partial charge in [-0.15, -0.1) is 0 Å². The summed E-state index contributed by atoms with van der Waals surface area (Å²) < 4.78 is 0. The van der Waals surface area contributed by atoms with Crippen molar-refractivity contribution in [3.8, 4) is 0 Å². The van der Waals surface area contributed by atoms with E-state index in [0.29, 0.717) is 0 Å². The highest BCUT2D eigenvalue weighted by atomic mass is 15.2. The van der Waals surface area contributed by atoms with Crippen LogP contribution in [0.1, 0.15) is 36.3 Å². The van der Waals surface area contributed by atoms with E-state index in [2.05, 4.69) is 41.5 Å². The Balaban J connectivity index is 1.62. The molecule has 2 heteroatoms. The lowest BCUT2D eigenvalue weighted by Crippen LogP contribution is -2.47. The van der Waals surface area contributed by atoms with Gasteiger partial charge in [-0.3, -0.25) is 4.90 Å². The molecule has 1 heterocycles. The normalized spacial score (nSPS) is 27.6. The maximum Gasteiger partial charge on any atom is 0.0220 e. The van der Waals surface area contributed by atoms with Gasteiger partial charge in [0.2, 0.25) is 0 Å². The first-order valence-electron chi connectivity index (χ1n) is 7.35. The molecule has 1 fully saturated rings. The van der Waals surface area contributed by atoms with Gasteiger partial charge in [0.15, 0.2) is 0 Å². The van der Waals surface area contributed by atoms with Gasteiger partial charge < -0.3 is 5.32 Å². The Kier molecular flexibility index (Phi) is 3.67. The molecule has 0 radical (unpaired) electrons. The second-order valence-corrected chi connectivity index (χ2v) is 5.80. The fourth-order valence-corrected chi connectivity index (χ4v) is 3.58. The Morgan fingerprint density at radius 1 is 1.28 bits per heavy atom. The zero-order valence-electron chi connectivity index (χ0n) is 11.4. The van der Waals surface area contributed by atoms with Crippen molar-refractivity contribution in [2.45, 2.75) is 37.6 Å². The smallest absolute Gasteiger partial charge is 0.0220 e. The largest absolute Gasteiger partial charge is 0.318 e. The van der Waals surface area contributed by atoms with Gasteiger partial charge in [-0.1, -0.05) is 30.7 Å². The molecule has 1 aromatic rings. The number of benzene rings is 1. The molecule has 1 aliphatic carbocycles. The number of likely N-dealkylation sites (N-methyl/N-ethyl adjacent to an activating group) is 1. The molecule has 0 saturated carbocycles. The number of fused-ring (bicyclic) bond motifs is 1. The number of piperidine rings is 1. The van der Waals surface area contributed by atoms with Crippen molar-refractivity contribution in [1.82, 2.24) is 10.2 Å². The first kappa shape index (κ1) is 12.2. The predicted octanol–water partition coefficient (Wildman–Crippen LogP) is 2.40. The summed E-state index contributed by atoms with van der Waals surface area (Å²) in [6.07, 6.45) is 5.45. The summed E-state index contributed by atoms with van der Waals surface area (Å²) in [5.41, 5.74) is 3.18. The highest BCUT2D eigenvalue weighted by molar-refractivity contribution is 5.40.